The van der Waals surface area contributed by atoms with Crippen molar-refractivity contribution < 1.29 is 5.11 Å². The van der Waals surface area contributed by atoms with Crippen LogP contribution in [0.4, 0.5) is 5.69 Å². The Kier molecular flexibility index (Phi) is 3.99. The Morgan fingerprint density at radius 1 is 1.25 bits per heavy atom. The SMILES string of the molecule is CC(C)NCc1ccccc1N1CC2CCC(O)C2C1. The van der Waals surface area contributed by atoms with E-state index >= 15 is 0 Å². The molecule has 1 aliphatic carbocycles. The second kappa shape index (κ2) is 5.74. The van der Waals surface area contributed by atoms with E-state index < -0.39 is 0 Å². The maximum Gasteiger partial charge on any atom is 0.0588 e. The summed E-state index contributed by atoms with van der Waals surface area (Å²) in [5, 5.41) is 13.6. The van der Waals surface area contributed by atoms with Crippen LogP contribution in [-0.4, -0.2) is 30.3 Å². The molecule has 1 saturated carbocycles. The van der Waals surface area contributed by atoms with E-state index in [1.165, 1.54) is 17.7 Å². The van der Waals surface area contributed by atoms with Gasteiger partial charge in [0.1, 0.15) is 0 Å². The zero-order chi connectivity index (χ0) is 14.1. The highest BCUT2D eigenvalue weighted by atomic mass is 16.3. The zero-order valence-electron chi connectivity index (χ0n) is 12.5. The minimum absolute atomic E-state index is 0.0778. The van der Waals surface area contributed by atoms with Crippen LogP contribution in [0.2, 0.25) is 0 Å². The summed E-state index contributed by atoms with van der Waals surface area (Å²) in [5.41, 5.74) is 2.72. The van der Waals surface area contributed by atoms with Crippen LogP contribution in [0.3, 0.4) is 0 Å². The minimum Gasteiger partial charge on any atom is -0.393 e. The standard InChI is InChI=1S/C17H26N2O/c1-12(2)18-9-13-5-3-4-6-16(13)19-10-14-7-8-17(20)15(14)11-19/h3-6,12,14-15,17-18,20H,7-11H2,1-2H3. The van der Waals surface area contributed by atoms with Crippen LogP contribution in [0.25, 0.3) is 0 Å². The van der Waals surface area contributed by atoms with Gasteiger partial charge in [-0.3, -0.25) is 0 Å². The Balaban J connectivity index is 1.74. The quantitative estimate of drug-likeness (QED) is 0.885. The zero-order valence-corrected chi connectivity index (χ0v) is 12.5. The molecule has 3 rings (SSSR count). The van der Waals surface area contributed by atoms with Crippen molar-refractivity contribution in [3.63, 3.8) is 0 Å². The van der Waals surface area contributed by atoms with Crippen LogP contribution in [0.5, 0.6) is 0 Å². The molecule has 110 valence electrons. The molecule has 0 aromatic heterocycles. The first-order valence-corrected chi connectivity index (χ1v) is 7.89. The molecule has 1 aromatic rings. The molecule has 3 nitrogen and oxygen atoms in total. The van der Waals surface area contributed by atoms with Crippen molar-refractivity contribution in [2.45, 2.75) is 45.4 Å². The first kappa shape index (κ1) is 13.9. The lowest BCUT2D eigenvalue weighted by Crippen LogP contribution is -2.27. The summed E-state index contributed by atoms with van der Waals surface area (Å²) in [7, 11) is 0. The Morgan fingerprint density at radius 3 is 2.80 bits per heavy atom. The molecule has 2 aliphatic rings. The van der Waals surface area contributed by atoms with Crippen molar-refractivity contribution in [1.29, 1.82) is 0 Å². The molecule has 3 heteroatoms. The molecule has 3 atom stereocenters. The van der Waals surface area contributed by atoms with E-state index in [1.807, 2.05) is 0 Å². The number of hydrogen-bond donors (Lipinski definition) is 2. The van der Waals surface area contributed by atoms with E-state index in [0.717, 1.165) is 26.1 Å². The van der Waals surface area contributed by atoms with E-state index in [9.17, 15) is 5.11 Å². The molecule has 20 heavy (non-hydrogen) atoms. The van der Waals surface area contributed by atoms with Crippen LogP contribution in [0.15, 0.2) is 24.3 Å². The molecule has 0 amide bonds. The van der Waals surface area contributed by atoms with E-state index in [4.69, 9.17) is 0 Å². The van der Waals surface area contributed by atoms with Crippen LogP contribution in [-0.2, 0) is 6.54 Å². The van der Waals surface area contributed by atoms with E-state index in [1.54, 1.807) is 0 Å². The van der Waals surface area contributed by atoms with Crippen LogP contribution in [0, 0.1) is 11.8 Å². The monoisotopic (exact) mass is 274 g/mol. The third kappa shape index (κ3) is 2.70. The maximum absolute atomic E-state index is 10.1. The van der Waals surface area contributed by atoms with E-state index in [2.05, 4.69) is 48.3 Å². The van der Waals surface area contributed by atoms with Gasteiger partial charge in [-0.1, -0.05) is 32.0 Å². The van der Waals surface area contributed by atoms with Crippen molar-refractivity contribution in [2.75, 3.05) is 18.0 Å². The summed E-state index contributed by atoms with van der Waals surface area (Å²) >= 11 is 0. The summed E-state index contributed by atoms with van der Waals surface area (Å²) in [4.78, 5) is 2.48. The first-order chi connectivity index (χ1) is 9.65. The van der Waals surface area contributed by atoms with Crippen molar-refractivity contribution >= 4 is 5.69 Å². The van der Waals surface area contributed by atoms with Crippen molar-refractivity contribution in [1.82, 2.24) is 5.32 Å². The van der Waals surface area contributed by atoms with Crippen LogP contribution >= 0.6 is 0 Å². The average Bonchev–Trinajstić information content (AvgIpc) is 2.99. The molecule has 1 aromatic carbocycles. The molecule has 0 spiro atoms. The molecular weight excluding hydrogens is 248 g/mol. The van der Waals surface area contributed by atoms with Crippen LogP contribution in [0.1, 0.15) is 32.3 Å². The first-order valence-electron chi connectivity index (χ1n) is 7.89. The third-order valence-electron chi connectivity index (χ3n) is 4.85. The van der Waals surface area contributed by atoms with Gasteiger partial charge in [0.05, 0.1) is 6.10 Å². The molecule has 1 saturated heterocycles. The Bertz CT molecular complexity index is 460. The number of rotatable bonds is 4. The van der Waals surface area contributed by atoms with Gasteiger partial charge in [0.25, 0.3) is 0 Å². The lowest BCUT2D eigenvalue weighted by Gasteiger charge is -2.24. The Hall–Kier alpha value is -1.06. The lowest BCUT2D eigenvalue weighted by atomic mass is 10.00. The van der Waals surface area contributed by atoms with Crippen LogP contribution < -0.4 is 10.2 Å². The van der Waals surface area contributed by atoms with Crippen molar-refractivity contribution in [2.24, 2.45) is 11.8 Å². The fourth-order valence-electron chi connectivity index (χ4n) is 3.72. The number of aliphatic hydroxyl groups excluding tert-OH is 1. The van der Waals surface area contributed by atoms with Gasteiger partial charge in [0.15, 0.2) is 0 Å². The Morgan fingerprint density at radius 2 is 2.05 bits per heavy atom. The van der Waals surface area contributed by atoms with Gasteiger partial charge < -0.3 is 15.3 Å². The lowest BCUT2D eigenvalue weighted by molar-refractivity contribution is 0.133. The summed E-state index contributed by atoms with van der Waals surface area (Å²) in [5.74, 6) is 1.18. The van der Waals surface area contributed by atoms with Gasteiger partial charge in [-0.2, -0.15) is 0 Å². The number of hydrogen-bond acceptors (Lipinski definition) is 3. The number of fused-ring (bicyclic) bond motifs is 1. The molecule has 3 unspecified atom stereocenters. The second-order valence-electron chi connectivity index (χ2n) is 6.64. The fourth-order valence-corrected chi connectivity index (χ4v) is 3.72. The number of anilines is 1. The summed E-state index contributed by atoms with van der Waals surface area (Å²) in [6.45, 7) is 7.41. The maximum atomic E-state index is 10.1. The summed E-state index contributed by atoms with van der Waals surface area (Å²) < 4.78 is 0. The van der Waals surface area contributed by atoms with Gasteiger partial charge in [-0.25, -0.2) is 0 Å². The topological polar surface area (TPSA) is 35.5 Å². The molecule has 2 N–H and O–H groups in total. The number of nitrogens with one attached hydrogen (secondary N) is 1. The van der Waals surface area contributed by atoms with E-state index in [-0.39, 0.29) is 6.10 Å². The summed E-state index contributed by atoms with van der Waals surface area (Å²) in [6, 6.07) is 9.19. The largest absolute Gasteiger partial charge is 0.393 e. The third-order valence-corrected chi connectivity index (χ3v) is 4.85. The predicted molar refractivity (Wildman–Crippen MR) is 82.9 cm³/mol. The normalized spacial score (nSPS) is 29.2. The fraction of sp³-hybridized carbons (Fsp3) is 0.647. The number of para-hydroxylation sites is 1. The van der Waals surface area contributed by atoms with Crippen molar-refractivity contribution in [3.8, 4) is 0 Å². The second-order valence-corrected chi connectivity index (χ2v) is 6.64. The summed E-state index contributed by atoms with van der Waals surface area (Å²) in [6.07, 6.45) is 2.11. The number of aliphatic hydroxyl groups is 1. The van der Waals surface area contributed by atoms with Gasteiger partial charge in [0.2, 0.25) is 0 Å². The molecule has 2 fully saturated rings. The average molecular weight is 274 g/mol. The van der Waals surface area contributed by atoms with Crippen molar-refractivity contribution in [3.05, 3.63) is 29.8 Å². The Labute approximate surface area is 122 Å². The van der Waals surface area contributed by atoms with Gasteiger partial charge in [-0.05, 0) is 30.4 Å². The molecular formula is C17H26N2O. The highest BCUT2D eigenvalue weighted by molar-refractivity contribution is 5.54. The molecule has 1 heterocycles. The minimum atomic E-state index is -0.0778. The highest BCUT2D eigenvalue weighted by Crippen LogP contribution is 2.40. The van der Waals surface area contributed by atoms with E-state index in [0.29, 0.717) is 17.9 Å². The highest BCUT2D eigenvalue weighted by Gasteiger charge is 2.42. The van der Waals surface area contributed by atoms with Gasteiger partial charge in [0, 0.05) is 37.3 Å². The number of benzene rings is 1. The van der Waals surface area contributed by atoms with Gasteiger partial charge in [-0.15, -0.1) is 0 Å². The predicted octanol–water partition coefficient (Wildman–Crippen LogP) is 2.39. The molecule has 0 radical (unpaired) electrons. The molecule has 0 bridgehead atoms. The number of nitrogens with zero attached hydrogens (tertiary/aromatic N) is 1. The molecule has 1 aliphatic heterocycles. The smallest absolute Gasteiger partial charge is 0.0588 e. The van der Waals surface area contributed by atoms with Gasteiger partial charge >= 0.3 is 0 Å².